The van der Waals surface area contributed by atoms with Crippen LogP contribution in [0.3, 0.4) is 0 Å². The summed E-state index contributed by atoms with van der Waals surface area (Å²) in [5, 5.41) is 2.72. The Hall–Kier alpha value is -1.42. The molecule has 1 aliphatic heterocycles. The van der Waals surface area contributed by atoms with E-state index in [0.29, 0.717) is 13.0 Å². The summed E-state index contributed by atoms with van der Waals surface area (Å²) in [4.78, 5) is 15.0. The Morgan fingerprint density at radius 1 is 1.67 bits per heavy atom. The fourth-order valence-electron chi connectivity index (χ4n) is 1.24. The van der Waals surface area contributed by atoms with Gasteiger partial charge >= 0.3 is 0 Å². The highest BCUT2D eigenvalue weighted by Crippen LogP contribution is 2.20. The molecule has 1 aromatic rings. The molecule has 0 saturated heterocycles. The quantitative estimate of drug-likeness (QED) is 0.614. The van der Waals surface area contributed by atoms with Crippen molar-refractivity contribution in [3.63, 3.8) is 0 Å². The van der Waals surface area contributed by atoms with Crippen LogP contribution in [0, 0.1) is 0 Å². The first-order valence-corrected chi connectivity index (χ1v) is 3.77. The molecule has 0 radical (unpaired) electrons. The van der Waals surface area contributed by atoms with E-state index in [1.807, 2.05) is 6.07 Å². The van der Waals surface area contributed by atoms with Crippen LogP contribution in [0.2, 0.25) is 0 Å². The van der Waals surface area contributed by atoms with Gasteiger partial charge in [0.2, 0.25) is 5.91 Å². The lowest BCUT2D eigenvalue weighted by Crippen LogP contribution is -2.03. The first-order chi connectivity index (χ1) is 5.79. The molecule has 3 N–H and O–H groups in total. The number of fused-ring (bicyclic) bond motifs is 1. The summed E-state index contributed by atoms with van der Waals surface area (Å²) in [6, 6.07) is 1.87. The fraction of sp³-hybridized carbons (Fsp3) is 0.250. The van der Waals surface area contributed by atoms with E-state index >= 15 is 0 Å². The van der Waals surface area contributed by atoms with Crippen LogP contribution >= 0.6 is 0 Å². The van der Waals surface area contributed by atoms with Gasteiger partial charge in [-0.2, -0.15) is 0 Å². The van der Waals surface area contributed by atoms with Crippen molar-refractivity contribution < 1.29 is 4.79 Å². The number of hydrogen-bond acceptors (Lipinski definition) is 3. The molecule has 62 valence electrons. The SMILES string of the molecule is NCc1cnc2c(c1)NC(=O)C2. The number of carbonyl (C=O) groups excluding carboxylic acids is 1. The van der Waals surface area contributed by atoms with Crippen molar-refractivity contribution in [2.24, 2.45) is 5.73 Å². The van der Waals surface area contributed by atoms with Crippen LogP contribution in [-0.4, -0.2) is 10.9 Å². The van der Waals surface area contributed by atoms with Gasteiger partial charge in [-0.25, -0.2) is 0 Å². The standard InChI is InChI=1S/C8H9N3O/c9-3-5-1-7-6(10-4-5)2-8(12)11-7/h1,4H,2-3,9H2,(H,11,12). The molecular formula is C8H9N3O. The van der Waals surface area contributed by atoms with Gasteiger partial charge in [-0.1, -0.05) is 0 Å². The number of anilines is 1. The Kier molecular flexibility index (Phi) is 1.55. The van der Waals surface area contributed by atoms with Gasteiger partial charge in [0.05, 0.1) is 17.8 Å². The van der Waals surface area contributed by atoms with Crippen molar-refractivity contribution in [1.29, 1.82) is 0 Å². The van der Waals surface area contributed by atoms with E-state index in [2.05, 4.69) is 10.3 Å². The summed E-state index contributed by atoms with van der Waals surface area (Å²) in [5.74, 6) is 0.00618. The number of carbonyl (C=O) groups is 1. The van der Waals surface area contributed by atoms with Gasteiger partial charge in [0.15, 0.2) is 0 Å². The Labute approximate surface area is 69.8 Å². The maximum Gasteiger partial charge on any atom is 0.230 e. The molecule has 0 unspecified atom stereocenters. The van der Waals surface area contributed by atoms with E-state index in [1.54, 1.807) is 6.20 Å². The number of pyridine rings is 1. The number of nitrogens with one attached hydrogen (secondary N) is 1. The van der Waals surface area contributed by atoms with Crippen molar-refractivity contribution in [3.8, 4) is 0 Å². The molecule has 0 bridgehead atoms. The molecule has 1 aliphatic rings. The first kappa shape index (κ1) is 7.24. The highest BCUT2D eigenvalue weighted by molar-refractivity contribution is 5.98. The minimum Gasteiger partial charge on any atom is -0.326 e. The van der Waals surface area contributed by atoms with Crippen molar-refractivity contribution in [2.75, 3.05) is 5.32 Å². The number of amides is 1. The topological polar surface area (TPSA) is 68.0 Å². The summed E-state index contributed by atoms with van der Waals surface area (Å²) in [6.07, 6.45) is 2.10. The van der Waals surface area contributed by atoms with Gasteiger partial charge in [-0.3, -0.25) is 9.78 Å². The van der Waals surface area contributed by atoms with E-state index in [-0.39, 0.29) is 5.91 Å². The lowest BCUT2D eigenvalue weighted by molar-refractivity contribution is -0.115. The zero-order valence-electron chi connectivity index (χ0n) is 6.50. The van der Waals surface area contributed by atoms with Crippen LogP contribution in [0.4, 0.5) is 5.69 Å². The Morgan fingerprint density at radius 3 is 3.25 bits per heavy atom. The molecule has 0 spiro atoms. The molecule has 2 rings (SSSR count). The van der Waals surface area contributed by atoms with Gasteiger partial charge in [0, 0.05) is 12.7 Å². The molecule has 4 nitrogen and oxygen atoms in total. The maximum atomic E-state index is 10.9. The number of nitrogens with zero attached hydrogens (tertiary/aromatic N) is 1. The average molecular weight is 163 g/mol. The first-order valence-electron chi connectivity index (χ1n) is 3.77. The summed E-state index contributed by atoms with van der Waals surface area (Å²) < 4.78 is 0. The van der Waals surface area contributed by atoms with E-state index < -0.39 is 0 Å². The predicted octanol–water partition coefficient (Wildman–Crippen LogP) is 0.0349. The summed E-state index contributed by atoms with van der Waals surface area (Å²) in [7, 11) is 0. The number of aromatic nitrogens is 1. The number of rotatable bonds is 1. The normalized spacial score (nSPS) is 14.2. The minimum atomic E-state index is 0.00618. The third-order valence-corrected chi connectivity index (χ3v) is 1.86. The molecule has 0 saturated carbocycles. The van der Waals surface area contributed by atoms with E-state index in [1.165, 1.54) is 0 Å². The van der Waals surface area contributed by atoms with E-state index in [9.17, 15) is 4.79 Å². The highest BCUT2D eigenvalue weighted by Gasteiger charge is 2.18. The maximum absolute atomic E-state index is 10.9. The molecule has 1 aromatic heterocycles. The van der Waals surface area contributed by atoms with Crippen molar-refractivity contribution in [2.45, 2.75) is 13.0 Å². The summed E-state index contributed by atoms with van der Waals surface area (Å²) >= 11 is 0. The third-order valence-electron chi connectivity index (χ3n) is 1.86. The molecule has 0 aromatic carbocycles. The molecule has 4 heteroatoms. The largest absolute Gasteiger partial charge is 0.326 e. The van der Waals surface area contributed by atoms with Gasteiger partial charge < -0.3 is 11.1 Å². The minimum absolute atomic E-state index is 0.00618. The second-order valence-electron chi connectivity index (χ2n) is 2.77. The van der Waals surface area contributed by atoms with Crippen molar-refractivity contribution >= 4 is 11.6 Å². The Morgan fingerprint density at radius 2 is 2.50 bits per heavy atom. The predicted molar refractivity (Wildman–Crippen MR) is 44.5 cm³/mol. The second kappa shape index (κ2) is 2.57. The molecule has 0 fully saturated rings. The van der Waals surface area contributed by atoms with Gasteiger partial charge in [0.1, 0.15) is 0 Å². The number of hydrogen-bond donors (Lipinski definition) is 2. The van der Waals surface area contributed by atoms with Crippen LogP contribution < -0.4 is 11.1 Å². The Bertz CT molecular complexity index is 335. The smallest absolute Gasteiger partial charge is 0.230 e. The molecule has 0 aliphatic carbocycles. The Balaban J connectivity index is 2.41. The van der Waals surface area contributed by atoms with Crippen LogP contribution in [0.5, 0.6) is 0 Å². The van der Waals surface area contributed by atoms with Gasteiger partial charge in [-0.15, -0.1) is 0 Å². The van der Waals surface area contributed by atoms with Crippen molar-refractivity contribution in [3.05, 3.63) is 23.5 Å². The van der Waals surface area contributed by atoms with Crippen LogP contribution in [0.1, 0.15) is 11.3 Å². The summed E-state index contributed by atoms with van der Waals surface area (Å²) in [5.41, 5.74) is 7.99. The fourth-order valence-corrected chi connectivity index (χ4v) is 1.24. The van der Waals surface area contributed by atoms with Gasteiger partial charge in [0.25, 0.3) is 0 Å². The lowest BCUT2D eigenvalue weighted by Gasteiger charge is -1.99. The monoisotopic (exact) mass is 163 g/mol. The van der Waals surface area contributed by atoms with E-state index in [4.69, 9.17) is 5.73 Å². The zero-order chi connectivity index (χ0) is 8.55. The third kappa shape index (κ3) is 1.06. The molecule has 2 heterocycles. The lowest BCUT2D eigenvalue weighted by atomic mass is 10.2. The van der Waals surface area contributed by atoms with Crippen LogP contribution in [0.25, 0.3) is 0 Å². The van der Waals surface area contributed by atoms with E-state index in [0.717, 1.165) is 16.9 Å². The molecule has 0 atom stereocenters. The van der Waals surface area contributed by atoms with Gasteiger partial charge in [-0.05, 0) is 11.6 Å². The average Bonchev–Trinajstić information content (AvgIpc) is 2.43. The molecular weight excluding hydrogens is 154 g/mol. The zero-order valence-corrected chi connectivity index (χ0v) is 6.50. The molecule has 12 heavy (non-hydrogen) atoms. The highest BCUT2D eigenvalue weighted by atomic mass is 16.1. The molecule has 1 amide bonds. The van der Waals surface area contributed by atoms with Crippen LogP contribution in [-0.2, 0) is 17.8 Å². The summed E-state index contributed by atoms with van der Waals surface area (Å²) in [6.45, 7) is 0.455. The number of nitrogens with two attached hydrogens (primary N) is 1. The van der Waals surface area contributed by atoms with Crippen LogP contribution in [0.15, 0.2) is 12.3 Å². The second-order valence-corrected chi connectivity index (χ2v) is 2.77. The van der Waals surface area contributed by atoms with Crippen molar-refractivity contribution in [1.82, 2.24) is 4.98 Å².